The molecule has 6 atom stereocenters. The van der Waals surface area contributed by atoms with E-state index in [1.807, 2.05) is 0 Å². The molecule has 6 heteroatoms. The molecule has 0 aromatic heterocycles. The number of methoxy groups -OCH3 is 1. The van der Waals surface area contributed by atoms with E-state index in [1.54, 1.807) is 31.4 Å². The van der Waals surface area contributed by atoms with Crippen LogP contribution in [-0.2, 0) is 9.59 Å². The van der Waals surface area contributed by atoms with Gasteiger partial charge in [0.15, 0.2) is 0 Å². The number of hydrogen-bond donors (Lipinski definition) is 0. The van der Waals surface area contributed by atoms with Gasteiger partial charge in [-0.3, -0.25) is 14.5 Å². The van der Waals surface area contributed by atoms with Gasteiger partial charge >= 0.3 is 0 Å². The van der Waals surface area contributed by atoms with Gasteiger partial charge < -0.3 is 4.74 Å². The van der Waals surface area contributed by atoms with Crippen molar-refractivity contribution in [1.82, 2.24) is 0 Å². The molecule has 116 valence electrons. The van der Waals surface area contributed by atoms with E-state index in [1.165, 1.54) is 4.90 Å². The maximum atomic E-state index is 12.8. The molecule has 22 heavy (non-hydrogen) atoms. The molecule has 4 rings (SSSR count). The van der Waals surface area contributed by atoms with Crippen molar-refractivity contribution < 1.29 is 14.3 Å². The fourth-order valence-electron chi connectivity index (χ4n) is 4.33. The maximum Gasteiger partial charge on any atom is 0.238 e. The maximum absolute atomic E-state index is 12.8. The minimum Gasteiger partial charge on any atom is -0.497 e. The highest BCUT2D eigenvalue weighted by atomic mass is 79.9. The van der Waals surface area contributed by atoms with Crippen molar-refractivity contribution in [2.24, 2.45) is 23.7 Å². The molecule has 4 nitrogen and oxygen atoms in total. The smallest absolute Gasteiger partial charge is 0.238 e. The van der Waals surface area contributed by atoms with Crippen molar-refractivity contribution in [2.45, 2.75) is 16.1 Å². The zero-order valence-corrected chi connectivity index (χ0v) is 15.1. The highest BCUT2D eigenvalue weighted by Gasteiger charge is 2.66. The summed E-state index contributed by atoms with van der Waals surface area (Å²) in [5, 5.41) is 0. The lowest BCUT2D eigenvalue weighted by Gasteiger charge is -2.28. The molecule has 1 aromatic carbocycles. The zero-order valence-electron chi connectivity index (χ0n) is 11.9. The number of alkyl halides is 2. The molecule has 1 heterocycles. The van der Waals surface area contributed by atoms with Crippen molar-refractivity contribution >= 4 is 49.4 Å². The van der Waals surface area contributed by atoms with Crippen LogP contribution in [0.5, 0.6) is 5.75 Å². The first kappa shape index (κ1) is 14.7. The third kappa shape index (κ3) is 1.80. The first-order valence-corrected chi connectivity index (χ1v) is 9.17. The summed E-state index contributed by atoms with van der Waals surface area (Å²) in [7, 11) is 1.59. The van der Waals surface area contributed by atoms with Crippen LogP contribution < -0.4 is 9.64 Å². The third-order valence-electron chi connectivity index (χ3n) is 5.32. The lowest BCUT2D eigenvalue weighted by molar-refractivity contribution is -0.123. The average Bonchev–Trinajstić information content (AvgIpc) is 3.13. The van der Waals surface area contributed by atoms with Crippen molar-refractivity contribution in [2.75, 3.05) is 12.0 Å². The van der Waals surface area contributed by atoms with Crippen molar-refractivity contribution in [1.29, 1.82) is 0 Å². The Kier molecular flexibility index (Phi) is 3.38. The Bertz CT molecular complexity index is 615. The highest BCUT2D eigenvalue weighted by Crippen LogP contribution is 2.60. The van der Waals surface area contributed by atoms with E-state index < -0.39 is 0 Å². The normalized spacial score (nSPS) is 39.5. The van der Waals surface area contributed by atoms with Crippen LogP contribution in [0.2, 0.25) is 0 Å². The van der Waals surface area contributed by atoms with Crippen LogP contribution in [0.15, 0.2) is 24.3 Å². The van der Waals surface area contributed by atoms with Crippen LogP contribution in [0.4, 0.5) is 5.69 Å². The highest BCUT2D eigenvalue weighted by molar-refractivity contribution is 9.12. The Balaban J connectivity index is 1.69. The Morgan fingerprint density at radius 3 is 1.95 bits per heavy atom. The van der Waals surface area contributed by atoms with Crippen LogP contribution in [0.3, 0.4) is 0 Å². The first-order valence-electron chi connectivity index (χ1n) is 7.34. The number of carbonyl (C=O) groups is 2. The van der Waals surface area contributed by atoms with Gasteiger partial charge in [-0.05, 0) is 42.5 Å². The van der Waals surface area contributed by atoms with Gasteiger partial charge in [-0.15, -0.1) is 0 Å². The van der Waals surface area contributed by atoms with Gasteiger partial charge in [0.2, 0.25) is 11.8 Å². The molecular formula is C16H15Br2NO3. The van der Waals surface area contributed by atoms with Gasteiger partial charge in [0.05, 0.1) is 24.6 Å². The fraction of sp³-hybridized carbons (Fsp3) is 0.500. The van der Waals surface area contributed by atoms with Crippen molar-refractivity contribution in [3.05, 3.63) is 24.3 Å². The van der Waals surface area contributed by atoms with E-state index >= 15 is 0 Å². The van der Waals surface area contributed by atoms with E-state index in [0.717, 1.165) is 6.42 Å². The summed E-state index contributed by atoms with van der Waals surface area (Å²) in [5.74, 6) is 0.783. The van der Waals surface area contributed by atoms with Crippen LogP contribution in [0.25, 0.3) is 0 Å². The predicted octanol–water partition coefficient (Wildman–Crippen LogP) is 2.98. The van der Waals surface area contributed by atoms with E-state index in [-0.39, 0.29) is 45.1 Å². The Hall–Kier alpha value is -0.880. The van der Waals surface area contributed by atoms with Gasteiger partial charge in [-0.1, -0.05) is 31.9 Å². The summed E-state index contributed by atoms with van der Waals surface area (Å²) in [4.78, 5) is 27.6. The average molecular weight is 429 g/mol. The molecule has 0 spiro atoms. The molecule has 0 N–H and O–H groups in total. The molecule has 1 aromatic rings. The summed E-state index contributed by atoms with van der Waals surface area (Å²) in [6.45, 7) is 0. The Labute approximate surface area is 145 Å². The number of ether oxygens (including phenoxy) is 1. The minimum atomic E-state index is -0.169. The molecule has 2 bridgehead atoms. The molecule has 0 radical (unpaired) electrons. The van der Waals surface area contributed by atoms with Crippen molar-refractivity contribution in [3.8, 4) is 5.75 Å². The van der Waals surface area contributed by atoms with Crippen LogP contribution >= 0.6 is 31.9 Å². The van der Waals surface area contributed by atoms with Gasteiger partial charge in [0.25, 0.3) is 0 Å². The van der Waals surface area contributed by atoms with E-state index in [9.17, 15) is 9.59 Å². The molecule has 2 amide bonds. The number of fused-ring (bicyclic) bond motifs is 5. The van der Waals surface area contributed by atoms with Gasteiger partial charge in [0, 0.05) is 9.65 Å². The summed E-state index contributed by atoms with van der Waals surface area (Å²) < 4.78 is 5.13. The minimum absolute atomic E-state index is 0.0449. The lowest BCUT2D eigenvalue weighted by atomic mass is 9.81. The lowest BCUT2D eigenvalue weighted by Crippen LogP contribution is -2.37. The number of halogens is 2. The van der Waals surface area contributed by atoms with Gasteiger partial charge in [-0.25, -0.2) is 0 Å². The molecule has 3 fully saturated rings. The number of amides is 2. The molecule has 1 aliphatic heterocycles. The zero-order chi connectivity index (χ0) is 15.6. The van der Waals surface area contributed by atoms with Crippen LogP contribution in [-0.4, -0.2) is 28.6 Å². The van der Waals surface area contributed by atoms with Crippen molar-refractivity contribution in [3.63, 3.8) is 0 Å². The number of carbonyl (C=O) groups excluding carboxylic acids is 2. The summed E-state index contributed by atoms with van der Waals surface area (Å²) in [5.41, 5.74) is 0.641. The predicted molar refractivity (Wildman–Crippen MR) is 89.5 cm³/mol. The van der Waals surface area contributed by atoms with Crippen LogP contribution in [0.1, 0.15) is 6.42 Å². The summed E-state index contributed by atoms with van der Waals surface area (Å²) in [6, 6.07) is 7.10. The SMILES string of the molecule is COc1ccc(N2C(=O)[C@@H]3[C@@H]4C[C@H]([C@H](Br)[C@@H]4Br)[C@@H]3C2=O)cc1. The van der Waals surface area contributed by atoms with E-state index in [2.05, 4.69) is 31.9 Å². The first-order chi connectivity index (χ1) is 10.5. The quantitative estimate of drug-likeness (QED) is 0.537. The van der Waals surface area contributed by atoms with Crippen LogP contribution in [0, 0.1) is 23.7 Å². The topological polar surface area (TPSA) is 46.6 Å². The van der Waals surface area contributed by atoms with E-state index in [4.69, 9.17) is 4.74 Å². The second-order valence-corrected chi connectivity index (χ2v) is 8.33. The molecule has 0 unspecified atom stereocenters. The van der Waals surface area contributed by atoms with E-state index in [0.29, 0.717) is 11.4 Å². The monoisotopic (exact) mass is 427 g/mol. The molecule has 2 saturated carbocycles. The second-order valence-electron chi connectivity index (χ2n) is 6.21. The number of anilines is 1. The number of rotatable bonds is 2. The largest absolute Gasteiger partial charge is 0.497 e. The number of benzene rings is 1. The summed E-state index contributed by atoms with van der Waals surface area (Å²) in [6.07, 6.45) is 0.953. The molecule has 1 saturated heterocycles. The number of imide groups is 1. The van der Waals surface area contributed by atoms with Gasteiger partial charge in [-0.2, -0.15) is 0 Å². The molecular weight excluding hydrogens is 414 g/mol. The Morgan fingerprint density at radius 1 is 1.00 bits per heavy atom. The number of hydrogen-bond acceptors (Lipinski definition) is 3. The second kappa shape index (κ2) is 5.06. The third-order valence-corrected chi connectivity index (χ3v) is 8.52. The fourth-order valence-corrected chi connectivity index (χ4v) is 6.21. The molecule has 3 aliphatic rings. The Morgan fingerprint density at radius 2 is 1.50 bits per heavy atom. The number of nitrogens with zero attached hydrogens (tertiary/aromatic N) is 1. The standard InChI is InChI=1S/C16H15Br2NO3/c1-22-8-4-2-7(3-5-8)19-15(20)11-9-6-10(12(11)16(19)21)14(18)13(9)17/h2-5,9-14H,6H2,1H3/t9-,10-,11-,12+,13-,14+/m0/s1. The summed E-state index contributed by atoms with van der Waals surface area (Å²) >= 11 is 7.39. The molecule has 2 aliphatic carbocycles. The van der Waals surface area contributed by atoms with Gasteiger partial charge in [0.1, 0.15) is 5.75 Å².